The van der Waals surface area contributed by atoms with Crippen LogP contribution in [-0.4, -0.2) is 45.9 Å². The van der Waals surface area contributed by atoms with Crippen LogP contribution >= 0.6 is 0 Å². The molecule has 2 saturated carbocycles. The number of rotatable bonds is 12. The van der Waals surface area contributed by atoms with E-state index in [4.69, 9.17) is 10.5 Å². The Morgan fingerprint density at radius 2 is 1.88 bits per heavy atom. The number of nitrogens with one attached hydrogen (secondary N) is 2. The average Bonchev–Trinajstić information content (AvgIpc) is 3.86. The largest absolute Gasteiger partial charge is 0.481 e. The normalized spacial score (nSPS) is 16.9. The maximum absolute atomic E-state index is 13.6. The second-order valence-corrected chi connectivity index (χ2v) is 10.4. The van der Waals surface area contributed by atoms with Gasteiger partial charge in [0.05, 0.1) is 24.9 Å². The summed E-state index contributed by atoms with van der Waals surface area (Å²) in [4.78, 5) is 34.8. The number of aromatic nitrogens is 3. The van der Waals surface area contributed by atoms with E-state index in [1.54, 1.807) is 10.7 Å². The molecule has 2 heterocycles. The van der Waals surface area contributed by atoms with Gasteiger partial charge in [0.25, 0.3) is 5.91 Å². The number of carbonyl (C=O) groups is 2. The Labute approximate surface area is 230 Å². The molecule has 1 atom stereocenters. The van der Waals surface area contributed by atoms with Crippen molar-refractivity contribution in [1.82, 2.24) is 25.4 Å². The molecule has 0 bridgehead atoms. The molecule has 40 heavy (non-hydrogen) atoms. The second kappa shape index (κ2) is 12.1. The first-order valence-electron chi connectivity index (χ1n) is 13.2. The molecule has 4 N–H and O–H groups in total. The van der Waals surface area contributed by atoms with E-state index < -0.39 is 36.1 Å². The van der Waals surface area contributed by atoms with Gasteiger partial charge in [-0.05, 0) is 69.4 Å². The van der Waals surface area contributed by atoms with Crippen molar-refractivity contribution in [3.8, 4) is 5.88 Å². The zero-order chi connectivity index (χ0) is 29.0. The van der Waals surface area contributed by atoms with Gasteiger partial charge in [0, 0.05) is 36.4 Å². The molecule has 13 heteroatoms. The molecule has 0 spiro atoms. The topological polar surface area (TPSA) is 137 Å². The van der Waals surface area contributed by atoms with Gasteiger partial charge in [-0.2, -0.15) is 18.3 Å². The van der Waals surface area contributed by atoms with E-state index in [2.05, 4.69) is 25.7 Å². The molecule has 0 aliphatic heterocycles. The van der Waals surface area contributed by atoms with Gasteiger partial charge >= 0.3 is 6.18 Å². The molecular weight excluding hydrogens is 527 g/mol. The van der Waals surface area contributed by atoms with Crippen LogP contribution in [0.1, 0.15) is 67.2 Å². The minimum Gasteiger partial charge on any atom is -0.481 e. The third-order valence-corrected chi connectivity index (χ3v) is 7.12. The fourth-order valence-electron chi connectivity index (χ4n) is 4.99. The highest BCUT2D eigenvalue weighted by Crippen LogP contribution is 2.50. The monoisotopic (exact) mass is 561 g/mol. The Hall–Kier alpha value is -3.90. The summed E-state index contributed by atoms with van der Waals surface area (Å²) in [5.41, 5.74) is 4.99. The predicted octanol–water partition coefficient (Wildman–Crippen LogP) is 3.61. The Morgan fingerprint density at radius 1 is 1.20 bits per heavy atom. The summed E-state index contributed by atoms with van der Waals surface area (Å²) in [5, 5.41) is 9.85. The maximum atomic E-state index is 13.6. The van der Waals surface area contributed by atoms with Crippen molar-refractivity contribution < 1.29 is 27.5 Å². The lowest BCUT2D eigenvalue weighted by molar-refractivity contribution is -0.138. The van der Waals surface area contributed by atoms with Crippen LogP contribution in [0.25, 0.3) is 0 Å². The minimum atomic E-state index is -4.63. The third-order valence-electron chi connectivity index (χ3n) is 7.12. The molecule has 2 aliphatic carbocycles. The van der Waals surface area contributed by atoms with Crippen molar-refractivity contribution in [2.45, 2.75) is 64.3 Å². The Bertz CT molecular complexity index is 1270. The van der Waals surface area contributed by atoms with Crippen LogP contribution in [0, 0.1) is 17.8 Å². The summed E-state index contributed by atoms with van der Waals surface area (Å²) in [6, 6.07) is 1.57. The number of nitrogens with zero attached hydrogens (tertiary/aromatic N) is 4. The van der Waals surface area contributed by atoms with Gasteiger partial charge in [0.2, 0.25) is 11.8 Å². The molecule has 1 unspecified atom stereocenters. The lowest BCUT2D eigenvalue weighted by Gasteiger charge is -2.28. The molecule has 0 radical (unpaired) electrons. The van der Waals surface area contributed by atoms with Gasteiger partial charge < -0.3 is 21.1 Å². The van der Waals surface area contributed by atoms with E-state index in [-0.39, 0.29) is 29.1 Å². The first-order valence-corrected chi connectivity index (χ1v) is 13.2. The van der Waals surface area contributed by atoms with Crippen LogP contribution in [0.15, 0.2) is 41.4 Å². The van der Waals surface area contributed by atoms with Gasteiger partial charge in [-0.3, -0.25) is 19.3 Å². The third kappa shape index (κ3) is 6.80. The smallest absolute Gasteiger partial charge is 0.416 e. The number of carbonyl (C=O) groups excluding carboxylic acids is 2. The average molecular weight is 562 g/mol. The fraction of sp³-hybridized carbons (Fsp3) is 0.519. The first-order chi connectivity index (χ1) is 19.0. The number of alkyl halides is 3. The van der Waals surface area contributed by atoms with Crippen LogP contribution in [0.3, 0.4) is 0 Å². The summed E-state index contributed by atoms with van der Waals surface area (Å²) in [6.07, 6.45) is 4.15. The van der Waals surface area contributed by atoms with Crippen molar-refractivity contribution in [2.24, 2.45) is 28.5 Å². The molecule has 2 aromatic rings. The maximum Gasteiger partial charge on any atom is 0.416 e. The summed E-state index contributed by atoms with van der Waals surface area (Å²) < 4.78 is 47.1. The van der Waals surface area contributed by atoms with Crippen molar-refractivity contribution >= 4 is 18.0 Å². The lowest BCUT2D eigenvalue weighted by Crippen LogP contribution is -2.52. The number of ether oxygens (including phenoxy) is 1. The Balaban J connectivity index is 1.52. The van der Waals surface area contributed by atoms with Crippen LogP contribution in [-0.2, 0) is 17.5 Å². The molecule has 2 amide bonds. The van der Waals surface area contributed by atoms with E-state index in [0.29, 0.717) is 17.5 Å². The van der Waals surface area contributed by atoms with Crippen molar-refractivity contribution in [1.29, 1.82) is 0 Å². The summed E-state index contributed by atoms with van der Waals surface area (Å²) in [7, 11) is 1.22. The predicted molar refractivity (Wildman–Crippen MR) is 141 cm³/mol. The number of aliphatic imine (C=N–C) groups is 1. The highest BCUT2D eigenvalue weighted by Gasteiger charge is 2.48. The number of pyridine rings is 1. The van der Waals surface area contributed by atoms with Crippen molar-refractivity contribution in [2.75, 3.05) is 7.11 Å². The molecule has 216 valence electrons. The highest BCUT2D eigenvalue weighted by molar-refractivity contribution is 5.98. The van der Waals surface area contributed by atoms with Gasteiger partial charge in [0.1, 0.15) is 11.7 Å². The summed E-state index contributed by atoms with van der Waals surface area (Å²) >= 11 is 0. The van der Waals surface area contributed by atoms with Crippen molar-refractivity contribution in [3.63, 3.8) is 0 Å². The van der Waals surface area contributed by atoms with E-state index in [1.165, 1.54) is 19.5 Å². The number of allylic oxidation sites excluding steroid dienone is 1. The van der Waals surface area contributed by atoms with Gasteiger partial charge in [-0.15, -0.1) is 0 Å². The van der Waals surface area contributed by atoms with Crippen molar-refractivity contribution in [3.05, 3.63) is 53.2 Å². The van der Waals surface area contributed by atoms with Crippen LogP contribution in [0.2, 0.25) is 0 Å². The Kier molecular flexibility index (Phi) is 8.79. The van der Waals surface area contributed by atoms with Crippen LogP contribution in [0.4, 0.5) is 13.2 Å². The molecule has 0 saturated heterocycles. The van der Waals surface area contributed by atoms with E-state index >= 15 is 0 Å². The fourth-order valence-corrected chi connectivity index (χ4v) is 4.99. The summed E-state index contributed by atoms with van der Waals surface area (Å²) in [5.74, 6) is -0.453. The minimum absolute atomic E-state index is 0.0377. The first kappa shape index (κ1) is 29.1. The molecule has 2 aliphatic rings. The Morgan fingerprint density at radius 3 is 2.42 bits per heavy atom. The van der Waals surface area contributed by atoms with Gasteiger partial charge in [0.15, 0.2) is 0 Å². The van der Waals surface area contributed by atoms with E-state index in [9.17, 15) is 22.8 Å². The van der Waals surface area contributed by atoms with Gasteiger partial charge in [-0.25, -0.2) is 4.98 Å². The molecular formula is C27H34F3N7O3. The molecule has 4 rings (SSSR count). The second-order valence-electron chi connectivity index (χ2n) is 10.4. The number of halogens is 3. The number of hydrogen-bond acceptors (Lipinski definition) is 7. The summed E-state index contributed by atoms with van der Waals surface area (Å²) in [6.45, 7) is 3.40. The standard InChI is InChI=1S/C27H34F3N7O3/c1-15(2)37-21(9-11-34-37)24(38)36-23(22(16-4-5-16)17-6-7-17)25(39)35-18(12-31)13-32-14-19-20(27(28,29)30)8-10-33-26(19)40-3/h8-13,15-17,22-23H,4-7,14,31H2,1-3H3,(H,35,39)(H,36,38). The van der Waals surface area contributed by atoms with E-state index in [1.807, 2.05) is 13.8 Å². The zero-order valence-corrected chi connectivity index (χ0v) is 22.6. The van der Waals surface area contributed by atoms with Gasteiger partial charge in [-0.1, -0.05) is 0 Å². The quantitative estimate of drug-likeness (QED) is 0.339. The van der Waals surface area contributed by atoms with E-state index in [0.717, 1.165) is 44.1 Å². The molecule has 10 nitrogen and oxygen atoms in total. The number of hydrogen-bond donors (Lipinski definition) is 3. The van der Waals surface area contributed by atoms with Crippen LogP contribution in [0.5, 0.6) is 5.88 Å². The number of methoxy groups -OCH3 is 1. The molecule has 2 aromatic heterocycles. The lowest BCUT2D eigenvalue weighted by atomic mass is 9.88. The number of amides is 2. The highest BCUT2D eigenvalue weighted by atomic mass is 19.4. The number of nitrogens with two attached hydrogens (primary N) is 1. The molecule has 0 aromatic carbocycles. The van der Waals surface area contributed by atoms with Crippen LogP contribution < -0.4 is 21.1 Å². The SMILES string of the molecule is COc1nccc(C(F)(F)F)c1CN=CC(=CN)NC(=O)C(NC(=O)c1ccnn1C(C)C)C(C1CC1)C1CC1. The molecule has 2 fully saturated rings. The zero-order valence-electron chi connectivity index (χ0n) is 22.6.